The van der Waals surface area contributed by atoms with Crippen LogP contribution < -0.4 is 15.8 Å². The van der Waals surface area contributed by atoms with Gasteiger partial charge in [0.05, 0.1) is 5.02 Å². The highest BCUT2D eigenvalue weighted by atomic mass is 35.5. The number of hydrogen-bond donors (Lipinski definition) is 2. The summed E-state index contributed by atoms with van der Waals surface area (Å²) in [5.74, 6) is -3.19. The molecule has 0 bridgehead atoms. The molecule has 1 fully saturated rings. The second-order valence-corrected chi connectivity index (χ2v) is 9.98. The number of nitrogens with one attached hydrogen (secondary N) is 1. The molecular formula is C26H28ClF2N3O2. The van der Waals surface area contributed by atoms with Gasteiger partial charge in [-0.15, -0.1) is 0 Å². The Hall–Kier alpha value is -2.64. The van der Waals surface area contributed by atoms with Crippen molar-refractivity contribution in [3.8, 4) is 5.75 Å². The van der Waals surface area contributed by atoms with E-state index in [1.807, 2.05) is 61.6 Å². The van der Waals surface area contributed by atoms with Gasteiger partial charge in [0.2, 0.25) is 5.91 Å². The molecule has 180 valence electrons. The van der Waals surface area contributed by atoms with Crippen LogP contribution in [0.1, 0.15) is 29.0 Å². The molecule has 1 aliphatic carbocycles. The summed E-state index contributed by atoms with van der Waals surface area (Å²) in [5, 5.41) is 3.00. The van der Waals surface area contributed by atoms with E-state index in [0.29, 0.717) is 36.3 Å². The summed E-state index contributed by atoms with van der Waals surface area (Å²) in [6, 6.07) is 10.7. The topological polar surface area (TPSA) is 67.6 Å². The van der Waals surface area contributed by atoms with Crippen LogP contribution in [0.3, 0.4) is 0 Å². The van der Waals surface area contributed by atoms with E-state index in [2.05, 4.69) is 5.32 Å². The van der Waals surface area contributed by atoms with Crippen molar-refractivity contribution in [3.63, 3.8) is 0 Å². The van der Waals surface area contributed by atoms with Crippen molar-refractivity contribution in [3.05, 3.63) is 76.2 Å². The molecule has 2 aromatic rings. The number of alkyl halides is 1. The smallest absolute Gasteiger partial charge is 0.221 e. The first kappa shape index (κ1) is 23.1. The van der Waals surface area contributed by atoms with Crippen molar-refractivity contribution in [1.82, 2.24) is 10.2 Å². The minimum absolute atomic E-state index is 0.164. The largest absolute Gasteiger partial charge is 0.480 e. The van der Waals surface area contributed by atoms with Crippen molar-refractivity contribution >= 4 is 17.5 Å². The first-order valence-electron chi connectivity index (χ1n) is 11.5. The number of fused-ring (bicyclic) bond motifs is 2. The SMILES string of the molecule is CNC[C@@]1(c2ccccc2)Cc2c(cc(F)c(Cl)c2C2C(C(N)=O)CC3C(C=CN3C)C2F)O1. The van der Waals surface area contributed by atoms with Gasteiger partial charge in [0, 0.05) is 55.4 Å². The highest BCUT2D eigenvalue weighted by Crippen LogP contribution is 2.54. The Balaban J connectivity index is 1.65. The summed E-state index contributed by atoms with van der Waals surface area (Å²) in [5.41, 5.74) is 6.83. The lowest BCUT2D eigenvalue weighted by atomic mass is 9.66. The Morgan fingerprint density at radius 1 is 1.35 bits per heavy atom. The molecule has 5 rings (SSSR count). The quantitative estimate of drug-likeness (QED) is 0.671. The van der Waals surface area contributed by atoms with Crippen molar-refractivity contribution in [1.29, 1.82) is 0 Å². The van der Waals surface area contributed by atoms with Gasteiger partial charge in [-0.3, -0.25) is 4.79 Å². The number of nitrogens with zero attached hydrogens (tertiary/aromatic N) is 1. The minimum Gasteiger partial charge on any atom is -0.480 e. The number of amides is 1. The van der Waals surface area contributed by atoms with Gasteiger partial charge in [-0.05, 0) is 30.8 Å². The molecule has 5 nitrogen and oxygen atoms in total. The van der Waals surface area contributed by atoms with Gasteiger partial charge in [0.25, 0.3) is 0 Å². The van der Waals surface area contributed by atoms with E-state index in [9.17, 15) is 4.79 Å². The lowest BCUT2D eigenvalue weighted by Gasteiger charge is -2.42. The molecule has 2 heterocycles. The van der Waals surface area contributed by atoms with Gasteiger partial charge in [0.1, 0.15) is 17.7 Å². The maximum Gasteiger partial charge on any atom is 0.221 e. The average molecular weight is 488 g/mol. The zero-order chi connectivity index (χ0) is 24.2. The first-order chi connectivity index (χ1) is 16.3. The molecule has 0 radical (unpaired) electrons. The molecule has 6 atom stereocenters. The van der Waals surface area contributed by atoms with E-state index in [1.165, 1.54) is 6.07 Å². The van der Waals surface area contributed by atoms with Crippen molar-refractivity contribution in [2.75, 3.05) is 20.6 Å². The summed E-state index contributed by atoms with van der Waals surface area (Å²) in [7, 11) is 3.68. The Kier molecular flexibility index (Phi) is 5.81. The van der Waals surface area contributed by atoms with Crippen molar-refractivity contribution in [2.24, 2.45) is 17.6 Å². The fourth-order valence-electron chi connectivity index (χ4n) is 6.11. The third-order valence-electron chi connectivity index (χ3n) is 7.71. The van der Waals surface area contributed by atoms with Crippen LogP contribution in [0.4, 0.5) is 8.78 Å². The normalized spacial score (nSPS) is 31.8. The molecule has 0 aromatic heterocycles. The zero-order valence-electron chi connectivity index (χ0n) is 19.1. The van der Waals surface area contributed by atoms with Crippen LogP contribution in [0.25, 0.3) is 0 Å². The van der Waals surface area contributed by atoms with Crippen LogP contribution >= 0.6 is 11.6 Å². The number of carbonyl (C=O) groups excluding carboxylic acids is 1. The predicted octanol–water partition coefficient (Wildman–Crippen LogP) is 3.90. The summed E-state index contributed by atoms with van der Waals surface area (Å²) in [6.07, 6.45) is 2.94. The number of rotatable bonds is 5. The molecule has 3 N–H and O–H groups in total. The number of hydrogen-bond acceptors (Lipinski definition) is 4. The fourth-order valence-corrected chi connectivity index (χ4v) is 6.41. The van der Waals surface area contributed by atoms with Gasteiger partial charge in [-0.1, -0.05) is 48.0 Å². The van der Waals surface area contributed by atoms with Gasteiger partial charge in [0.15, 0.2) is 5.60 Å². The molecule has 0 spiro atoms. The standard InChI is InChI=1S/C26H28ClF2N3O2/c1-31-13-26(14-6-4-3-5-7-14)12-17-20(34-26)11-18(28)23(27)21(17)22-16(25(30)33)10-19-15(24(22)29)8-9-32(19)2/h3-9,11,15-16,19,22,24,31H,10,12-13H2,1-2H3,(H2,30,33)/t15?,16?,19?,22?,24?,26-/m1/s1. The molecular weight excluding hydrogens is 460 g/mol. The highest BCUT2D eigenvalue weighted by molar-refractivity contribution is 6.31. The van der Waals surface area contributed by atoms with Crippen molar-refractivity contribution in [2.45, 2.75) is 36.6 Å². The molecule has 1 saturated carbocycles. The van der Waals surface area contributed by atoms with Gasteiger partial charge >= 0.3 is 0 Å². The summed E-state index contributed by atoms with van der Waals surface area (Å²) >= 11 is 6.54. The van der Waals surface area contributed by atoms with Crippen LogP contribution in [-0.4, -0.2) is 43.7 Å². The number of benzene rings is 2. The van der Waals surface area contributed by atoms with E-state index in [-0.39, 0.29) is 11.1 Å². The second-order valence-electron chi connectivity index (χ2n) is 9.60. The highest BCUT2D eigenvalue weighted by Gasteiger charge is 2.53. The zero-order valence-corrected chi connectivity index (χ0v) is 19.9. The molecule has 8 heteroatoms. The molecule has 1 amide bonds. The van der Waals surface area contributed by atoms with Crippen LogP contribution in [0, 0.1) is 17.7 Å². The average Bonchev–Trinajstić information content (AvgIpc) is 3.37. The maximum absolute atomic E-state index is 16.2. The Morgan fingerprint density at radius 3 is 2.76 bits per heavy atom. The fraction of sp³-hybridized carbons (Fsp3) is 0.423. The van der Waals surface area contributed by atoms with E-state index >= 15 is 8.78 Å². The number of nitrogens with two attached hydrogens (primary N) is 1. The third kappa shape index (κ3) is 3.48. The van der Waals surface area contributed by atoms with E-state index in [1.54, 1.807) is 0 Å². The van der Waals surface area contributed by atoms with Crippen LogP contribution in [-0.2, 0) is 16.8 Å². The molecule has 2 aliphatic heterocycles. The molecule has 34 heavy (non-hydrogen) atoms. The maximum atomic E-state index is 16.2. The van der Waals surface area contributed by atoms with Crippen molar-refractivity contribution < 1.29 is 18.3 Å². The summed E-state index contributed by atoms with van der Waals surface area (Å²) in [6.45, 7) is 0.450. The van der Waals surface area contributed by atoms with E-state index in [4.69, 9.17) is 22.1 Å². The van der Waals surface area contributed by atoms with Gasteiger partial charge < -0.3 is 20.7 Å². The Morgan fingerprint density at radius 2 is 2.09 bits per heavy atom. The Labute approximate surface area is 202 Å². The number of carbonyl (C=O) groups is 1. The predicted molar refractivity (Wildman–Crippen MR) is 127 cm³/mol. The summed E-state index contributed by atoms with van der Waals surface area (Å²) in [4.78, 5) is 14.5. The number of ether oxygens (including phenoxy) is 1. The third-order valence-corrected chi connectivity index (χ3v) is 8.09. The molecule has 2 aromatic carbocycles. The number of primary amides is 1. The molecule has 5 unspecified atom stereocenters. The monoisotopic (exact) mass is 487 g/mol. The van der Waals surface area contributed by atoms with Crippen LogP contribution in [0.5, 0.6) is 5.75 Å². The number of halogens is 3. The van der Waals surface area contributed by atoms with Gasteiger partial charge in [-0.2, -0.15) is 0 Å². The molecule has 0 saturated heterocycles. The first-order valence-corrected chi connectivity index (χ1v) is 11.9. The summed E-state index contributed by atoms with van der Waals surface area (Å²) < 4.78 is 37.7. The minimum atomic E-state index is -1.45. The Bertz CT molecular complexity index is 1140. The second kappa shape index (κ2) is 8.54. The van der Waals surface area contributed by atoms with E-state index < -0.39 is 41.3 Å². The van der Waals surface area contributed by atoms with Crippen LogP contribution in [0.15, 0.2) is 48.7 Å². The van der Waals surface area contributed by atoms with E-state index in [0.717, 1.165) is 5.56 Å². The van der Waals surface area contributed by atoms with Gasteiger partial charge in [-0.25, -0.2) is 8.78 Å². The number of likely N-dealkylation sites (N-methyl/N-ethyl adjacent to an activating group) is 1. The lowest BCUT2D eigenvalue weighted by Crippen LogP contribution is -2.49. The lowest BCUT2D eigenvalue weighted by molar-refractivity contribution is -0.125. The molecule has 3 aliphatic rings. The van der Waals surface area contributed by atoms with Crippen LogP contribution in [0.2, 0.25) is 5.02 Å².